The fourth-order valence-corrected chi connectivity index (χ4v) is 4.40. The smallest absolute Gasteiger partial charge is 0.274 e. The van der Waals surface area contributed by atoms with Gasteiger partial charge in [-0.05, 0) is 55.3 Å². The minimum atomic E-state index is -0.0806. The predicted molar refractivity (Wildman–Crippen MR) is 137 cm³/mol. The van der Waals surface area contributed by atoms with Crippen molar-refractivity contribution in [2.24, 2.45) is 0 Å². The largest absolute Gasteiger partial charge is 0.508 e. The number of hydrogen-bond acceptors (Lipinski definition) is 7. The number of methoxy groups -OCH3 is 1. The van der Waals surface area contributed by atoms with Gasteiger partial charge in [0.25, 0.3) is 5.91 Å². The minimum Gasteiger partial charge on any atom is -0.508 e. The van der Waals surface area contributed by atoms with E-state index in [4.69, 9.17) is 4.74 Å². The summed E-state index contributed by atoms with van der Waals surface area (Å²) in [5.41, 5.74) is 3.48. The maximum Gasteiger partial charge on any atom is 0.274 e. The maximum atomic E-state index is 12.5. The summed E-state index contributed by atoms with van der Waals surface area (Å²) >= 11 is 0. The number of hydrogen-bond donors (Lipinski definition) is 1. The first-order chi connectivity index (χ1) is 17.0. The van der Waals surface area contributed by atoms with Gasteiger partial charge in [0.15, 0.2) is 11.5 Å². The molecule has 1 aromatic heterocycles. The summed E-state index contributed by atoms with van der Waals surface area (Å²) in [4.78, 5) is 18.8. The third kappa shape index (κ3) is 5.71. The number of carbonyl (C=O) groups excluding carboxylic acids is 1. The Morgan fingerprint density at radius 1 is 0.971 bits per heavy atom. The van der Waals surface area contributed by atoms with Crippen LogP contribution in [0.25, 0.3) is 11.1 Å². The molecule has 8 heteroatoms. The first kappa shape index (κ1) is 24.5. The average molecular weight is 476 g/mol. The highest BCUT2D eigenvalue weighted by molar-refractivity contribution is 5.92. The Labute approximate surface area is 206 Å². The lowest BCUT2D eigenvalue weighted by molar-refractivity contribution is 0.0766. The Bertz CT molecular complexity index is 1140. The number of benzene rings is 2. The first-order valence-electron chi connectivity index (χ1n) is 12.1. The van der Waals surface area contributed by atoms with Crippen LogP contribution >= 0.6 is 0 Å². The van der Waals surface area contributed by atoms with E-state index >= 15 is 0 Å². The second kappa shape index (κ2) is 11.2. The summed E-state index contributed by atoms with van der Waals surface area (Å²) in [5, 5.41) is 18.3. The number of phenols is 1. The molecule has 0 saturated carbocycles. The Hall–Kier alpha value is -3.65. The van der Waals surface area contributed by atoms with Crippen LogP contribution < -0.4 is 9.64 Å². The molecule has 184 valence electrons. The molecular formula is C27H33N5O3. The van der Waals surface area contributed by atoms with E-state index in [1.807, 2.05) is 38.1 Å². The lowest BCUT2D eigenvalue weighted by Crippen LogP contribution is -2.46. The normalized spacial score (nSPS) is 14.1. The molecule has 1 aliphatic rings. The number of rotatable bonds is 8. The highest BCUT2D eigenvalue weighted by Crippen LogP contribution is 2.30. The monoisotopic (exact) mass is 475 g/mol. The van der Waals surface area contributed by atoms with Crippen LogP contribution in [0.5, 0.6) is 11.5 Å². The Balaban J connectivity index is 1.36. The summed E-state index contributed by atoms with van der Waals surface area (Å²) in [6.45, 7) is 9.47. The number of aromatic nitrogens is 2. The molecule has 3 aromatic rings. The van der Waals surface area contributed by atoms with Gasteiger partial charge in [0, 0.05) is 51.4 Å². The molecule has 0 spiro atoms. The molecule has 8 nitrogen and oxygen atoms in total. The fourth-order valence-electron chi connectivity index (χ4n) is 4.40. The Morgan fingerprint density at radius 2 is 1.71 bits per heavy atom. The molecule has 1 fully saturated rings. The van der Waals surface area contributed by atoms with Crippen molar-refractivity contribution in [3.05, 3.63) is 65.9 Å². The number of anilines is 1. The molecule has 4 rings (SSSR count). The summed E-state index contributed by atoms with van der Waals surface area (Å²) in [6.07, 6.45) is 0. The van der Waals surface area contributed by atoms with Crippen molar-refractivity contribution in [2.75, 3.05) is 51.3 Å². The van der Waals surface area contributed by atoms with Crippen molar-refractivity contribution in [3.8, 4) is 22.6 Å². The van der Waals surface area contributed by atoms with Crippen molar-refractivity contribution >= 4 is 11.7 Å². The lowest BCUT2D eigenvalue weighted by Gasteiger charge is -2.35. The first-order valence-corrected chi connectivity index (χ1v) is 12.1. The summed E-state index contributed by atoms with van der Waals surface area (Å²) < 4.78 is 5.68. The van der Waals surface area contributed by atoms with Crippen molar-refractivity contribution in [1.29, 1.82) is 0 Å². The number of ether oxygens (including phenoxy) is 1. The second-order valence-electron chi connectivity index (χ2n) is 8.59. The van der Waals surface area contributed by atoms with Gasteiger partial charge >= 0.3 is 0 Å². The van der Waals surface area contributed by atoms with Crippen LogP contribution in [0.4, 0.5) is 5.82 Å². The molecule has 2 heterocycles. The molecule has 2 aromatic carbocycles. The van der Waals surface area contributed by atoms with E-state index in [0.29, 0.717) is 18.8 Å². The van der Waals surface area contributed by atoms with E-state index in [2.05, 4.69) is 32.1 Å². The zero-order chi connectivity index (χ0) is 24.8. The predicted octanol–water partition coefficient (Wildman–Crippen LogP) is 3.66. The molecule has 0 aliphatic carbocycles. The van der Waals surface area contributed by atoms with Crippen molar-refractivity contribution in [2.45, 2.75) is 20.4 Å². The van der Waals surface area contributed by atoms with E-state index < -0.39 is 0 Å². The topological polar surface area (TPSA) is 82.0 Å². The molecule has 1 saturated heterocycles. The highest BCUT2D eigenvalue weighted by Gasteiger charge is 2.21. The molecule has 0 bridgehead atoms. The SMILES string of the molecule is CCN(CC)C(=O)c1ccc(N2CCN(Cc3ccc(-c4cccc(O)c4)cc3OC)CC2)nn1. The van der Waals surface area contributed by atoms with Gasteiger partial charge in [-0.2, -0.15) is 0 Å². The van der Waals surface area contributed by atoms with E-state index in [-0.39, 0.29) is 11.7 Å². The molecule has 0 radical (unpaired) electrons. The number of piperazine rings is 1. The zero-order valence-corrected chi connectivity index (χ0v) is 20.6. The number of carbonyl (C=O) groups is 1. The van der Waals surface area contributed by atoms with Gasteiger partial charge < -0.3 is 19.6 Å². The van der Waals surface area contributed by atoms with Gasteiger partial charge in [-0.1, -0.05) is 24.3 Å². The van der Waals surface area contributed by atoms with Crippen molar-refractivity contribution < 1.29 is 14.6 Å². The van der Waals surface area contributed by atoms with Crippen LogP contribution in [0.3, 0.4) is 0 Å². The van der Waals surface area contributed by atoms with Crippen LogP contribution in [-0.4, -0.2) is 77.4 Å². The van der Waals surface area contributed by atoms with Crippen LogP contribution in [-0.2, 0) is 6.54 Å². The molecular weight excluding hydrogens is 442 g/mol. The molecule has 0 unspecified atom stereocenters. The molecule has 0 atom stereocenters. The second-order valence-corrected chi connectivity index (χ2v) is 8.59. The maximum absolute atomic E-state index is 12.5. The zero-order valence-electron chi connectivity index (χ0n) is 20.6. The number of nitrogens with zero attached hydrogens (tertiary/aromatic N) is 5. The summed E-state index contributed by atoms with van der Waals surface area (Å²) in [6, 6.07) is 17.1. The van der Waals surface area contributed by atoms with Crippen LogP contribution in [0.2, 0.25) is 0 Å². The Kier molecular flexibility index (Phi) is 7.82. The number of amides is 1. The quantitative estimate of drug-likeness (QED) is 0.532. The Morgan fingerprint density at radius 3 is 2.34 bits per heavy atom. The molecule has 1 aliphatic heterocycles. The van der Waals surface area contributed by atoms with E-state index in [9.17, 15) is 9.90 Å². The third-order valence-corrected chi connectivity index (χ3v) is 6.48. The van der Waals surface area contributed by atoms with Gasteiger partial charge in [-0.25, -0.2) is 0 Å². The number of phenolic OH excluding ortho intramolecular Hbond substituents is 1. The lowest BCUT2D eigenvalue weighted by atomic mass is 10.0. The van der Waals surface area contributed by atoms with E-state index in [1.165, 1.54) is 0 Å². The number of aromatic hydroxyl groups is 1. The van der Waals surface area contributed by atoms with E-state index in [0.717, 1.165) is 61.0 Å². The fraction of sp³-hybridized carbons (Fsp3) is 0.370. The highest BCUT2D eigenvalue weighted by atomic mass is 16.5. The van der Waals surface area contributed by atoms with Gasteiger partial charge in [0.05, 0.1) is 7.11 Å². The minimum absolute atomic E-state index is 0.0806. The van der Waals surface area contributed by atoms with Gasteiger partial charge in [-0.3, -0.25) is 9.69 Å². The van der Waals surface area contributed by atoms with E-state index in [1.54, 1.807) is 30.2 Å². The van der Waals surface area contributed by atoms with Gasteiger partial charge in [-0.15, -0.1) is 10.2 Å². The van der Waals surface area contributed by atoms with Crippen LogP contribution in [0, 0.1) is 0 Å². The van der Waals surface area contributed by atoms with Crippen LogP contribution in [0.15, 0.2) is 54.6 Å². The third-order valence-electron chi connectivity index (χ3n) is 6.48. The van der Waals surface area contributed by atoms with Gasteiger partial charge in [0.1, 0.15) is 11.5 Å². The molecule has 1 amide bonds. The molecule has 1 N–H and O–H groups in total. The summed E-state index contributed by atoms with van der Waals surface area (Å²) in [7, 11) is 1.69. The van der Waals surface area contributed by atoms with Crippen molar-refractivity contribution in [1.82, 2.24) is 20.0 Å². The van der Waals surface area contributed by atoms with Gasteiger partial charge in [0.2, 0.25) is 0 Å². The molecule has 35 heavy (non-hydrogen) atoms. The average Bonchev–Trinajstić information content (AvgIpc) is 2.90. The van der Waals surface area contributed by atoms with Crippen LogP contribution in [0.1, 0.15) is 29.9 Å². The standard InChI is InChI=1S/C27H33N5O3/c1-4-31(5-2)27(34)24-11-12-26(29-28-24)32-15-13-30(14-16-32)19-22-10-9-21(18-25(22)35-3)20-7-6-8-23(33)17-20/h6-12,17-18,33H,4-5,13-16,19H2,1-3H3. The summed E-state index contributed by atoms with van der Waals surface area (Å²) in [5.74, 6) is 1.81. The van der Waals surface area contributed by atoms with Crippen molar-refractivity contribution in [3.63, 3.8) is 0 Å².